The van der Waals surface area contributed by atoms with E-state index < -0.39 is 22.8 Å². The zero-order valence-corrected chi connectivity index (χ0v) is 19.4. The molecule has 0 fully saturated rings. The SMILES string of the molecule is CCC(C)(C)NCc1cc2cc3c(cc2n1C)OCCc1c-3[nH]c(=O)c(C(=O)O)c1O.Cl. The fraction of sp³-hybridized carbons (Fsp3) is 0.391. The first kappa shape index (κ1) is 23.7. The van der Waals surface area contributed by atoms with Gasteiger partial charge < -0.3 is 29.8 Å². The second kappa shape index (κ2) is 8.52. The van der Waals surface area contributed by atoms with Gasteiger partial charge in [0, 0.05) is 53.8 Å². The van der Waals surface area contributed by atoms with Gasteiger partial charge in [-0.25, -0.2) is 4.79 Å². The molecule has 1 aromatic carbocycles. The van der Waals surface area contributed by atoms with Crippen LogP contribution in [0.3, 0.4) is 0 Å². The van der Waals surface area contributed by atoms with Crippen LogP contribution in [0, 0.1) is 0 Å². The second-order valence-electron chi connectivity index (χ2n) is 8.63. The average Bonchev–Trinajstić information content (AvgIpc) is 2.90. The fourth-order valence-corrected chi connectivity index (χ4v) is 3.93. The lowest BCUT2D eigenvalue weighted by Crippen LogP contribution is -2.38. The predicted molar refractivity (Wildman–Crippen MR) is 125 cm³/mol. The van der Waals surface area contributed by atoms with E-state index in [1.165, 1.54) is 0 Å². The highest BCUT2D eigenvalue weighted by Gasteiger charge is 2.27. The van der Waals surface area contributed by atoms with Gasteiger partial charge in [-0.2, -0.15) is 0 Å². The van der Waals surface area contributed by atoms with Crippen molar-refractivity contribution in [3.63, 3.8) is 0 Å². The highest BCUT2D eigenvalue weighted by molar-refractivity contribution is 5.94. The molecule has 0 spiro atoms. The standard InChI is InChI=1S/C23H27N3O5.ClH/c1-5-23(2,3)24-11-13-8-12-9-15-17(10-16(12)26(13)4)31-7-6-14-19(15)25-21(28)18(20(14)27)22(29)30;/h8-10,24H,5-7,11H2,1-4H3,(H,29,30)(H2,25,27,28);1H. The van der Waals surface area contributed by atoms with Crippen LogP contribution in [0.2, 0.25) is 0 Å². The number of ether oxygens (including phenoxy) is 1. The number of halogens is 1. The third-order valence-corrected chi connectivity index (χ3v) is 6.26. The molecule has 32 heavy (non-hydrogen) atoms. The van der Waals surface area contributed by atoms with Gasteiger partial charge in [0.2, 0.25) is 0 Å². The lowest BCUT2D eigenvalue weighted by atomic mass is 9.99. The molecule has 9 heteroatoms. The summed E-state index contributed by atoms with van der Waals surface area (Å²) in [6.45, 7) is 7.43. The summed E-state index contributed by atoms with van der Waals surface area (Å²) in [5.74, 6) is -1.38. The van der Waals surface area contributed by atoms with Crippen molar-refractivity contribution in [2.45, 2.75) is 45.7 Å². The summed E-state index contributed by atoms with van der Waals surface area (Å²) in [5, 5.41) is 24.3. The average molecular weight is 462 g/mol. The number of carbonyl (C=O) groups is 1. The molecule has 3 aromatic rings. The monoisotopic (exact) mass is 461 g/mol. The Morgan fingerprint density at radius 1 is 1.31 bits per heavy atom. The first-order valence-corrected chi connectivity index (χ1v) is 10.3. The van der Waals surface area contributed by atoms with E-state index in [1.54, 1.807) is 0 Å². The minimum absolute atomic E-state index is 0. The van der Waals surface area contributed by atoms with Crippen LogP contribution in [-0.4, -0.2) is 37.9 Å². The zero-order valence-electron chi connectivity index (χ0n) is 18.5. The van der Waals surface area contributed by atoms with E-state index in [1.807, 2.05) is 19.2 Å². The molecule has 0 saturated carbocycles. The van der Waals surface area contributed by atoms with Gasteiger partial charge in [0.25, 0.3) is 5.56 Å². The number of nitrogens with one attached hydrogen (secondary N) is 2. The van der Waals surface area contributed by atoms with Crippen molar-refractivity contribution >= 4 is 29.3 Å². The third-order valence-electron chi connectivity index (χ3n) is 6.26. The molecule has 2 aromatic heterocycles. The summed E-state index contributed by atoms with van der Waals surface area (Å²) < 4.78 is 8.03. The quantitative estimate of drug-likeness (QED) is 0.461. The molecule has 0 atom stereocenters. The smallest absolute Gasteiger partial charge is 0.345 e. The summed E-state index contributed by atoms with van der Waals surface area (Å²) in [4.78, 5) is 26.4. The maximum atomic E-state index is 12.4. The summed E-state index contributed by atoms with van der Waals surface area (Å²) in [6, 6.07) is 5.93. The molecule has 4 rings (SSSR count). The number of nitrogens with zero attached hydrogens (tertiary/aromatic N) is 1. The highest BCUT2D eigenvalue weighted by atomic mass is 35.5. The molecule has 0 aliphatic carbocycles. The third kappa shape index (κ3) is 3.96. The number of aromatic hydroxyl groups is 1. The molecule has 0 unspecified atom stereocenters. The Hall–Kier alpha value is -2.97. The lowest BCUT2D eigenvalue weighted by molar-refractivity contribution is 0.0691. The molecule has 0 bridgehead atoms. The van der Waals surface area contributed by atoms with Gasteiger partial charge in [-0.05, 0) is 32.4 Å². The van der Waals surface area contributed by atoms with E-state index in [9.17, 15) is 19.8 Å². The van der Waals surface area contributed by atoms with Gasteiger partial charge in [0.05, 0.1) is 17.8 Å². The number of carboxylic acid groups (broad SMARTS) is 1. The first-order chi connectivity index (χ1) is 14.6. The van der Waals surface area contributed by atoms with E-state index in [-0.39, 0.29) is 31.0 Å². The number of hydrogen-bond acceptors (Lipinski definition) is 5. The molecule has 0 saturated heterocycles. The number of aryl methyl sites for hydroxylation is 1. The zero-order chi connectivity index (χ0) is 22.5. The minimum Gasteiger partial charge on any atom is -0.506 e. The van der Waals surface area contributed by atoms with Gasteiger partial charge in [-0.3, -0.25) is 4.79 Å². The van der Waals surface area contributed by atoms with E-state index in [0.717, 1.165) is 23.0 Å². The van der Waals surface area contributed by atoms with Crippen molar-refractivity contribution in [1.82, 2.24) is 14.9 Å². The molecule has 1 aliphatic heterocycles. The van der Waals surface area contributed by atoms with Crippen molar-refractivity contribution in [2.75, 3.05) is 6.61 Å². The molecule has 8 nitrogen and oxygen atoms in total. The molecule has 1 aliphatic rings. The number of hydrogen-bond donors (Lipinski definition) is 4. The summed E-state index contributed by atoms with van der Waals surface area (Å²) in [5.41, 5.74) is 2.04. The number of aromatic amines is 1. The number of carboxylic acids is 1. The Morgan fingerprint density at radius 2 is 2.03 bits per heavy atom. The molecular formula is C23H28ClN3O5. The Bertz CT molecular complexity index is 1260. The highest BCUT2D eigenvalue weighted by Crippen LogP contribution is 2.40. The molecular weight excluding hydrogens is 434 g/mol. The number of fused-ring (bicyclic) bond motifs is 4. The maximum Gasteiger partial charge on any atom is 0.345 e. The van der Waals surface area contributed by atoms with Crippen LogP contribution in [0.15, 0.2) is 23.0 Å². The number of aromatic nitrogens is 2. The van der Waals surface area contributed by atoms with E-state index in [2.05, 4.69) is 41.7 Å². The minimum atomic E-state index is -1.46. The first-order valence-electron chi connectivity index (χ1n) is 10.3. The number of benzene rings is 1. The molecule has 0 amide bonds. The maximum absolute atomic E-state index is 12.4. The molecule has 0 radical (unpaired) electrons. The molecule has 172 valence electrons. The summed E-state index contributed by atoms with van der Waals surface area (Å²) in [7, 11) is 2.00. The Kier molecular flexibility index (Phi) is 6.31. The van der Waals surface area contributed by atoms with Crippen LogP contribution in [0.25, 0.3) is 22.2 Å². The van der Waals surface area contributed by atoms with Crippen LogP contribution < -0.4 is 15.6 Å². The predicted octanol–water partition coefficient (Wildman–Crippen LogP) is 3.57. The van der Waals surface area contributed by atoms with Crippen molar-refractivity contribution < 1.29 is 19.7 Å². The van der Waals surface area contributed by atoms with Crippen molar-refractivity contribution in [1.29, 1.82) is 0 Å². The van der Waals surface area contributed by atoms with Crippen LogP contribution in [0.4, 0.5) is 0 Å². The number of aromatic carboxylic acids is 1. The van der Waals surface area contributed by atoms with E-state index >= 15 is 0 Å². The number of H-pyrrole nitrogens is 1. The van der Waals surface area contributed by atoms with Gasteiger partial charge in [0.1, 0.15) is 11.5 Å². The Morgan fingerprint density at radius 3 is 2.69 bits per heavy atom. The Labute approximate surface area is 191 Å². The molecule has 3 heterocycles. The van der Waals surface area contributed by atoms with Crippen molar-refractivity contribution in [3.8, 4) is 22.8 Å². The van der Waals surface area contributed by atoms with Crippen LogP contribution in [0.1, 0.15) is 48.8 Å². The van der Waals surface area contributed by atoms with Crippen LogP contribution in [-0.2, 0) is 20.0 Å². The largest absolute Gasteiger partial charge is 0.506 e. The second-order valence-corrected chi connectivity index (χ2v) is 8.63. The van der Waals surface area contributed by atoms with Crippen LogP contribution >= 0.6 is 12.4 Å². The van der Waals surface area contributed by atoms with Gasteiger partial charge >= 0.3 is 5.97 Å². The molecule has 4 N–H and O–H groups in total. The van der Waals surface area contributed by atoms with E-state index in [0.29, 0.717) is 29.1 Å². The van der Waals surface area contributed by atoms with E-state index in [4.69, 9.17) is 4.74 Å². The van der Waals surface area contributed by atoms with Gasteiger partial charge in [-0.15, -0.1) is 12.4 Å². The van der Waals surface area contributed by atoms with Crippen LogP contribution in [0.5, 0.6) is 11.5 Å². The van der Waals surface area contributed by atoms with Crippen molar-refractivity contribution in [2.24, 2.45) is 7.05 Å². The fourth-order valence-electron chi connectivity index (χ4n) is 3.93. The normalized spacial score (nSPS) is 13.0. The van der Waals surface area contributed by atoms with Gasteiger partial charge in [0.15, 0.2) is 5.56 Å². The summed E-state index contributed by atoms with van der Waals surface area (Å²) in [6.07, 6.45) is 1.29. The topological polar surface area (TPSA) is 117 Å². The van der Waals surface area contributed by atoms with Gasteiger partial charge in [-0.1, -0.05) is 6.92 Å². The van der Waals surface area contributed by atoms with Crippen molar-refractivity contribution in [3.05, 3.63) is 45.4 Å². The number of pyridine rings is 1. The lowest BCUT2D eigenvalue weighted by Gasteiger charge is -2.24. The summed E-state index contributed by atoms with van der Waals surface area (Å²) >= 11 is 0. The number of rotatable bonds is 5. The Balaban J connectivity index is 0.00000289.